The van der Waals surface area contributed by atoms with Gasteiger partial charge in [-0.15, -0.1) is 0 Å². The van der Waals surface area contributed by atoms with Gasteiger partial charge in [0.05, 0.1) is 23.6 Å². The molecular formula is C11H18N4O. The quantitative estimate of drug-likeness (QED) is 0.582. The SMILES string of the molecule is Cc1cnc(C(NN)C2CCOCC2)cn1. The number of hydrogen-bond acceptors (Lipinski definition) is 5. The maximum atomic E-state index is 5.62. The summed E-state index contributed by atoms with van der Waals surface area (Å²) >= 11 is 0. The van der Waals surface area contributed by atoms with Crippen molar-refractivity contribution in [3.63, 3.8) is 0 Å². The molecule has 1 aromatic rings. The van der Waals surface area contributed by atoms with Crippen LogP contribution in [0.15, 0.2) is 12.4 Å². The lowest BCUT2D eigenvalue weighted by Gasteiger charge is -2.29. The minimum Gasteiger partial charge on any atom is -0.381 e. The molecule has 1 aromatic heterocycles. The Hall–Kier alpha value is -1.04. The monoisotopic (exact) mass is 222 g/mol. The Morgan fingerprint density at radius 1 is 1.38 bits per heavy atom. The van der Waals surface area contributed by atoms with Crippen molar-refractivity contribution < 1.29 is 4.74 Å². The van der Waals surface area contributed by atoms with E-state index in [1.54, 1.807) is 12.4 Å². The van der Waals surface area contributed by atoms with Gasteiger partial charge < -0.3 is 4.74 Å². The van der Waals surface area contributed by atoms with Gasteiger partial charge in [0.25, 0.3) is 0 Å². The van der Waals surface area contributed by atoms with Crippen molar-refractivity contribution in [3.05, 3.63) is 23.8 Å². The van der Waals surface area contributed by atoms with Gasteiger partial charge in [0.1, 0.15) is 0 Å². The molecular weight excluding hydrogens is 204 g/mol. The Kier molecular flexibility index (Phi) is 3.82. The molecule has 2 heterocycles. The number of aromatic nitrogens is 2. The molecule has 1 aliphatic heterocycles. The number of nitrogens with one attached hydrogen (secondary N) is 1. The second kappa shape index (κ2) is 5.34. The Labute approximate surface area is 95.4 Å². The predicted molar refractivity (Wildman–Crippen MR) is 60.4 cm³/mol. The first kappa shape index (κ1) is 11.4. The van der Waals surface area contributed by atoms with Crippen LogP contribution in [-0.4, -0.2) is 23.2 Å². The summed E-state index contributed by atoms with van der Waals surface area (Å²) in [6.07, 6.45) is 5.61. The van der Waals surface area contributed by atoms with Gasteiger partial charge in [-0.1, -0.05) is 0 Å². The number of ether oxygens (including phenoxy) is 1. The molecule has 88 valence electrons. The number of hydrazine groups is 1. The molecule has 5 nitrogen and oxygen atoms in total. The van der Waals surface area contributed by atoms with E-state index >= 15 is 0 Å². The number of rotatable bonds is 3. The molecule has 1 atom stereocenters. The highest BCUT2D eigenvalue weighted by atomic mass is 16.5. The first-order valence-corrected chi connectivity index (χ1v) is 5.63. The lowest BCUT2D eigenvalue weighted by Crippen LogP contribution is -2.36. The number of nitrogens with zero attached hydrogens (tertiary/aromatic N) is 2. The molecule has 1 fully saturated rings. The van der Waals surface area contributed by atoms with E-state index in [-0.39, 0.29) is 6.04 Å². The van der Waals surface area contributed by atoms with Gasteiger partial charge in [0.2, 0.25) is 0 Å². The van der Waals surface area contributed by atoms with Crippen molar-refractivity contribution in [3.8, 4) is 0 Å². The van der Waals surface area contributed by atoms with Gasteiger partial charge >= 0.3 is 0 Å². The Morgan fingerprint density at radius 2 is 2.12 bits per heavy atom. The summed E-state index contributed by atoms with van der Waals surface area (Å²) in [5, 5.41) is 0. The molecule has 0 aromatic carbocycles. The third-order valence-electron chi connectivity index (χ3n) is 3.04. The molecule has 0 bridgehead atoms. The van der Waals surface area contributed by atoms with Crippen LogP contribution in [0.2, 0.25) is 0 Å². The van der Waals surface area contributed by atoms with Gasteiger partial charge in [-0.2, -0.15) is 0 Å². The average Bonchev–Trinajstić information content (AvgIpc) is 2.34. The molecule has 0 spiro atoms. The number of aryl methyl sites for hydroxylation is 1. The lowest BCUT2D eigenvalue weighted by atomic mass is 9.90. The zero-order valence-electron chi connectivity index (χ0n) is 9.52. The predicted octanol–water partition coefficient (Wildman–Crippen LogP) is 0.716. The first-order valence-electron chi connectivity index (χ1n) is 5.63. The van der Waals surface area contributed by atoms with Crippen LogP contribution < -0.4 is 11.3 Å². The summed E-state index contributed by atoms with van der Waals surface area (Å²) in [4.78, 5) is 8.63. The fourth-order valence-corrected chi connectivity index (χ4v) is 2.08. The highest BCUT2D eigenvalue weighted by Crippen LogP contribution is 2.27. The Bertz CT molecular complexity index is 321. The van der Waals surface area contributed by atoms with E-state index in [0.29, 0.717) is 5.92 Å². The molecule has 0 amide bonds. The van der Waals surface area contributed by atoms with Crippen LogP contribution in [0.5, 0.6) is 0 Å². The second-order valence-corrected chi connectivity index (χ2v) is 4.18. The molecule has 1 unspecified atom stereocenters. The van der Waals surface area contributed by atoms with Crippen LogP contribution in [-0.2, 0) is 4.74 Å². The van der Waals surface area contributed by atoms with E-state index in [4.69, 9.17) is 10.6 Å². The molecule has 16 heavy (non-hydrogen) atoms. The zero-order valence-corrected chi connectivity index (χ0v) is 9.52. The summed E-state index contributed by atoms with van der Waals surface area (Å²) in [7, 11) is 0. The van der Waals surface area contributed by atoms with E-state index < -0.39 is 0 Å². The summed E-state index contributed by atoms with van der Waals surface area (Å²) in [6.45, 7) is 3.54. The van der Waals surface area contributed by atoms with Gasteiger partial charge in [-0.3, -0.25) is 21.2 Å². The van der Waals surface area contributed by atoms with E-state index in [1.165, 1.54) is 0 Å². The summed E-state index contributed by atoms with van der Waals surface area (Å²) in [5.74, 6) is 6.10. The maximum absolute atomic E-state index is 5.62. The van der Waals surface area contributed by atoms with Crippen LogP contribution >= 0.6 is 0 Å². The standard InChI is InChI=1S/C11H18N4O/c1-8-6-14-10(7-13-8)11(15-12)9-2-4-16-5-3-9/h6-7,9,11,15H,2-5,12H2,1H3. The van der Waals surface area contributed by atoms with Crippen LogP contribution in [0, 0.1) is 12.8 Å². The third-order valence-corrected chi connectivity index (χ3v) is 3.04. The fourth-order valence-electron chi connectivity index (χ4n) is 2.08. The van der Waals surface area contributed by atoms with E-state index in [1.807, 2.05) is 6.92 Å². The molecule has 0 radical (unpaired) electrons. The number of hydrogen-bond donors (Lipinski definition) is 2. The highest BCUT2D eigenvalue weighted by Gasteiger charge is 2.25. The minimum atomic E-state index is 0.0806. The minimum absolute atomic E-state index is 0.0806. The number of nitrogens with two attached hydrogens (primary N) is 1. The summed E-state index contributed by atoms with van der Waals surface area (Å²) in [5.41, 5.74) is 4.69. The van der Waals surface area contributed by atoms with Crippen LogP contribution in [0.1, 0.15) is 30.3 Å². The van der Waals surface area contributed by atoms with Gasteiger partial charge in [-0.25, -0.2) is 0 Å². The summed E-state index contributed by atoms with van der Waals surface area (Å²) < 4.78 is 5.34. The lowest BCUT2D eigenvalue weighted by molar-refractivity contribution is 0.0530. The van der Waals surface area contributed by atoms with Gasteiger partial charge in [0.15, 0.2) is 0 Å². The molecule has 5 heteroatoms. The maximum Gasteiger partial charge on any atom is 0.0772 e. The van der Waals surface area contributed by atoms with Crippen molar-refractivity contribution in [1.29, 1.82) is 0 Å². The van der Waals surface area contributed by atoms with Crippen molar-refractivity contribution in [2.45, 2.75) is 25.8 Å². The van der Waals surface area contributed by atoms with E-state index in [0.717, 1.165) is 37.4 Å². The normalized spacial score (nSPS) is 19.6. The molecule has 0 saturated carbocycles. The largest absolute Gasteiger partial charge is 0.381 e. The molecule has 1 aliphatic rings. The van der Waals surface area contributed by atoms with Crippen LogP contribution in [0.3, 0.4) is 0 Å². The van der Waals surface area contributed by atoms with E-state index in [2.05, 4.69) is 15.4 Å². The topological polar surface area (TPSA) is 73.1 Å². The average molecular weight is 222 g/mol. The van der Waals surface area contributed by atoms with Crippen LogP contribution in [0.25, 0.3) is 0 Å². The molecule has 1 saturated heterocycles. The van der Waals surface area contributed by atoms with Crippen molar-refractivity contribution >= 4 is 0 Å². The smallest absolute Gasteiger partial charge is 0.0772 e. The first-order chi connectivity index (χ1) is 7.81. The second-order valence-electron chi connectivity index (χ2n) is 4.18. The summed E-state index contributed by atoms with van der Waals surface area (Å²) in [6, 6.07) is 0.0806. The fraction of sp³-hybridized carbons (Fsp3) is 0.636. The van der Waals surface area contributed by atoms with Crippen molar-refractivity contribution in [2.75, 3.05) is 13.2 Å². The van der Waals surface area contributed by atoms with Gasteiger partial charge in [0, 0.05) is 19.4 Å². The van der Waals surface area contributed by atoms with Crippen LogP contribution in [0.4, 0.5) is 0 Å². The highest BCUT2D eigenvalue weighted by molar-refractivity contribution is 5.07. The Balaban J connectivity index is 2.11. The van der Waals surface area contributed by atoms with Crippen molar-refractivity contribution in [1.82, 2.24) is 15.4 Å². The Morgan fingerprint density at radius 3 is 2.69 bits per heavy atom. The molecule has 2 rings (SSSR count). The molecule has 3 N–H and O–H groups in total. The van der Waals surface area contributed by atoms with Crippen molar-refractivity contribution in [2.24, 2.45) is 11.8 Å². The zero-order chi connectivity index (χ0) is 11.4. The van der Waals surface area contributed by atoms with Gasteiger partial charge in [-0.05, 0) is 25.7 Å². The van der Waals surface area contributed by atoms with E-state index in [9.17, 15) is 0 Å². The molecule has 0 aliphatic carbocycles. The third kappa shape index (κ3) is 2.55.